The minimum Gasteiger partial charge on any atom is -0.477 e. The van der Waals surface area contributed by atoms with Crippen molar-refractivity contribution in [2.45, 2.75) is 0 Å². The molecule has 110 valence electrons. The molecule has 0 bridgehead atoms. The predicted octanol–water partition coefficient (Wildman–Crippen LogP) is -0.820. The number of ether oxygens (including phenoxy) is 1. The fourth-order valence-corrected chi connectivity index (χ4v) is 2.10. The van der Waals surface area contributed by atoms with E-state index in [1.165, 1.54) is 17.9 Å². The Morgan fingerprint density at radius 2 is 2.15 bits per heavy atom. The third-order valence-corrected chi connectivity index (χ3v) is 3.20. The normalized spacial score (nSPS) is 16.1. The van der Waals surface area contributed by atoms with E-state index >= 15 is 0 Å². The molecule has 1 aliphatic rings. The number of hydrogen-bond acceptors (Lipinski definition) is 5. The molecular weight excluding hydrogens is 264 g/mol. The van der Waals surface area contributed by atoms with Gasteiger partial charge in [0.15, 0.2) is 5.69 Å². The van der Waals surface area contributed by atoms with Gasteiger partial charge in [-0.2, -0.15) is 5.10 Å². The van der Waals surface area contributed by atoms with E-state index in [1.54, 1.807) is 0 Å². The number of hydrogen-bond donors (Lipinski definition) is 2. The minimum absolute atomic E-state index is 0.0852. The molecule has 0 unspecified atom stereocenters. The average Bonchev–Trinajstić information content (AvgIpc) is 2.82. The summed E-state index contributed by atoms with van der Waals surface area (Å²) in [4.78, 5) is 25.2. The molecule has 1 saturated heterocycles. The van der Waals surface area contributed by atoms with Gasteiger partial charge < -0.3 is 15.2 Å². The van der Waals surface area contributed by atoms with Gasteiger partial charge in [-0.3, -0.25) is 14.4 Å². The molecule has 2 N–H and O–H groups in total. The minimum atomic E-state index is -1.16. The molecule has 20 heavy (non-hydrogen) atoms. The number of amides is 1. The van der Waals surface area contributed by atoms with Crippen LogP contribution in [0.1, 0.15) is 20.8 Å². The number of carbonyl (C=O) groups is 2. The van der Waals surface area contributed by atoms with Crippen LogP contribution in [0.25, 0.3) is 0 Å². The Bertz CT molecular complexity index is 494. The summed E-state index contributed by atoms with van der Waals surface area (Å²) in [7, 11) is 1.49. The first-order valence-corrected chi connectivity index (χ1v) is 6.43. The van der Waals surface area contributed by atoms with Crippen LogP contribution in [-0.4, -0.2) is 71.1 Å². The topological polar surface area (TPSA) is 96.7 Å². The summed E-state index contributed by atoms with van der Waals surface area (Å²) >= 11 is 0. The summed E-state index contributed by atoms with van der Waals surface area (Å²) in [5, 5.41) is 15.6. The van der Waals surface area contributed by atoms with Crippen molar-refractivity contribution in [2.24, 2.45) is 7.05 Å². The second-order valence-electron chi connectivity index (χ2n) is 4.55. The van der Waals surface area contributed by atoms with Gasteiger partial charge >= 0.3 is 5.97 Å². The Morgan fingerprint density at radius 3 is 2.80 bits per heavy atom. The number of rotatable bonds is 5. The second kappa shape index (κ2) is 6.49. The predicted molar refractivity (Wildman–Crippen MR) is 69.8 cm³/mol. The van der Waals surface area contributed by atoms with Crippen molar-refractivity contribution in [3.05, 3.63) is 17.5 Å². The van der Waals surface area contributed by atoms with Crippen LogP contribution in [0.4, 0.5) is 0 Å². The summed E-state index contributed by atoms with van der Waals surface area (Å²) in [6, 6.07) is 0. The Morgan fingerprint density at radius 1 is 1.45 bits per heavy atom. The van der Waals surface area contributed by atoms with Gasteiger partial charge in [0, 0.05) is 33.2 Å². The molecule has 0 radical (unpaired) electrons. The van der Waals surface area contributed by atoms with Gasteiger partial charge in [0.2, 0.25) is 0 Å². The van der Waals surface area contributed by atoms with Gasteiger partial charge in [0.25, 0.3) is 5.91 Å². The number of nitrogens with one attached hydrogen (secondary N) is 1. The van der Waals surface area contributed by atoms with Crippen molar-refractivity contribution in [2.75, 3.05) is 39.4 Å². The Kier molecular flexibility index (Phi) is 4.70. The van der Waals surface area contributed by atoms with Crippen LogP contribution in [0.5, 0.6) is 0 Å². The number of carbonyl (C=O) groups excluding carboxylic acids is 1. The second-order valence-corrected chi connectivity index (χ2v) is 4.55. The molecule has 1 aromatic rings. The highest BCUT2D eigenvalue weighted by atomic mass is 16.5. The standard InChI is InChI=1S/C12H18N4O4/c1-15-10(12(18)19)9(8-14-15)11(17)13-2-3-16-4-6-20-7-5-16/h8H,2-7H2,1H3,(H,13,17)(H,18,19). The summed E-state index contributed by atoms with van der Waals surface area (Å²) in [6.07, 6.45) is 1.27. The van der Waals surface area contributed by atoms with E-state index in [9.17, 15) is 9.59 Å². The maximum atomic E-state index is 12.0. The van der Waals surface area contributed by atoms with Gasteiger partial charge in [-0.15, -0.1) is 0 Å². The highest BCUT2D eigenvalue weighted by molar-refractivity contribution is 6.03. The van der Waals surface area contributed by atoms with Crippen molar-refractivity contribution in [3.8, 4) is 0 Å². The number of carboxylic acid groups (broad SMARTS) is 1. The molecule has 0 aliphatic carbocycles. The van der Waals surface area contributed by atoms with Crippen molar-refractivity contribution in [3.63, 3.8) is 0 Å². The van der Waals surface area contributed by atoms with Gasteiger partial charge in [-0.25, -0.2) is 4.79 Å². The van der Waals surface area contributed by atoms with Gasteiger partial charge in [0.05, 0.1) is 25.0 Å². The average molecular weight is 282 g/mol. The molecule has 0 spiro atoms. The summed E-state index contributed by atoms with van der Waals surface area (Å²) in [5.41, 5.74) is -0.0177. The lowest BCUT2D eigenvalue weighted by Crippen LogP contribution is -2.41. The van der Waals surface area contributed by atoms with Crippen LogP contribution >= 0.6 is 0 Å². The summed E-state index contributed by atoms with van der Waals surface area (Å²) in [5.74, 6) is -1.58. The highest BCUT2D eigenvalue weighted by Crippen LogP contribution is 2.07. The zero-order chi connectivity index (χ0) is 14.5. The number of aromatic carboxylic acids is 1. The molecule has 2 rings (SSSR count). The molecule has 0 saturated carbocycles. The van der Waals surface area contributed by atoms with Gasteiger partial charge in [0.1, 0.15) is 0 Å². The fourth-order valence-electron chi connectivity index (χ4n) is 2.10. The zero-order valence-electron chi connectivity index (χ0n) is 11.3. The lowest BCUT2D eigenvalue weighted by atomic mass is 10.2. The van der Waals surface area contributed by atoms with E-state index in [2.05, 4.69) is 15.3 Å². The van der Waals surface area contributed by atoms with Crippen LogP contribution in [0, 0.1) is 0 Å². The van der Waals surface area contributed by atoms with Gasteiger partial charge in [-0.05, 0) is 0 Å². The highest BCUT2D eigenvalue weighted by Gasteiger charge is 2.21. The first-order valence-electron chi connectivity index (χ1n) is 6.43. The molecular formula is C12H18N4O4. The molecule has 1 fully saturated rings. The van der Waals surface area contributed by atoms with Crippen LogP contribution in [0.2, 0.25) is 0 Å². The summed E-state index contributed by atoms with van der Waals surface area (Å²) in [6.45, 7) is 4.30. The van der Waals surface area contributed by atoms with E-state index in [4.69, 9.17) is 9.84 Å². The van der Waals surface area contributed by atoms with E-state index in [-0.39, 0.29) is 11.3 Å². The molecule has 8 nitrogen and oxygen atoms in total. The molecule has 1 aliphatic heterocycles. The van der Waals surface area contributed by atoms with E-state index in [1.807, 2.05) is 0 Å². The number of aromatic nitrogens is 2. The summed E-state index contributed by atoms with van der Waals surface area (Å²) < 4.78 is 6.42. The van der Waals surface area contributed by atoms with Crippen LogP contribution in [-0.2, 0) is 11.8 Å². The van der Waals surface area contributed by atoms with E-state index < -0.39 is 11.9 Å². The lowest BCUT2D eigenvalue weighted by Gasteiger charge is -2.26. The molecule has 2 heterocycles. The maximum Gasteiger partial charge on any atom is 0.354 e. The van der Waals surface area contributed by atoms with Crippen LogP contribution in [0.3, 0.4) is 0 Å². The molecule has 1 amide bonds. The molecule has 8 heteroatoms. The molecule has 1 aromatic heterocycles. The van der Waals surface area contributed by atoms with Crippen LogP contribution in [0.15, 0.2) is 6.20 Å². The van der Waals surface area contributed by atoms with E-state index in [0.717, 1.165) is 19.6 Å². The van der Waals surface area contributed by atoms with E-state index in [0.29, 0.717) is 19.8 Å². The SMILES string of the molecule is Cn1ncc(C(=O)NCCN2CCOCC2)c1C(=O)O. The first kappa shape index (κ1) is 14.5. The monoisotopic (exact) mass is 282 g/mol. The van der Waals surface area contributed by atoms with Crippen molar-refractivity contribution < 1.29 is 19.4 Å². The Labute approximate surface area is 116 Å². The quantitative estimate of drug-likeness (QED) is 0.732. The number of morpholine rings is 1. The Hall–Kier alpha value is -1.93. The molecule has 0 aromatic carbocycles. The van der Waals surface area contributed by atoms with Crippen molar-refractivity contribution >= 4 is 11.9 Å². The van der Waals surface area contributed by atoms with Gasteiger partial charge in [-0.1, -0.05) is 0 Å². The largest absolute Gasteiger partial charge is 0.477 e. The molecule has 0 atom stereocenters. The van der Waals surface area contributed by atoms with Crippen molar-refractivity contribution in [1.29, 1.82) is 0 Å². The Balaban J connectivity index is 1.87. The van der Waals surface area contributed by atoms with Crippen molar-refractivity contribution in [1.82, 2.24) is 20.0 Å². The number of aryl methyl sites for hydroxylation is 1. The fraction of sp³-hybridized carbons (Fsp3) is 0.583. The maximum absolute atomic E-state index is 12.0. The number of carboxylic acids is 1. The third kappa shape index (κ3) is 3.34. The smallest absolute Gasteiger partial charge is 0.354 e. The zero-order valence-corrected chi connectivity index (χ0v) is 11.3. The third-order valence-electron chi connectivity index (χ3n) is 3.20. The lowest BCUT2D eigenvalue weighted by molar-refractivity contribution is 0.0383. The number of nitrogens with zero attached hydrogens (tertiary/aromatic N) is 3. The van der Waals surface area contributed by atoms with Crippen LogP contribution < -0.4 is 5.32 Å². The first-order chi connectivity index (χ1) is 9.59.